The molecule has 0 unspecified atom stereocenters. The van der Waals surface area contributed by atoms with E-state index in [9.17, 15) is 18.0 Å². The van der Waals surface area contributed by atoms with E-state index in [1.54, 1.807) is 0 Å². The van der Waals surface area contributed by atoms with Gasteiger partial charge in [-0.15, -0.1) is 0 Å². The minimum Gasteiger partial charge on any atom is -0.356 e. The van der Waals surface area contributed by atoms with Gasteiger partial charge in [0.1, 0.15) is 5.69 Å². The smallest absolute Gasteiger partial charge is 0.356 e. The van der Waals surface area contributed by atoms with Gasteiger partial charge in [-0.05, 0) is 24.5 Å². The highest BCUT2D eigenvalue weighted by Gasteiger charge is 2.32. The molecule has 0 saturated carbocycles. The quantitative estimate of drug-likeness (QED) is 0.846. The predicted octanol–water partition coefficient (Wildman–Crippen LogP) is 2.76. The van der Waals surface area contributed by atoms with Gasteiger partial charge in [-0.3, -0.25) is 14.7 Å². The Morgan fingerprint density at radius 2 is 2.17 bits per heavy atom. The molecule has 0 spiro atoms. The van der Waals surface area contributed by atoms with Crippen LogP contribution in [0.5, 0.6) is 0 Å². The Balaban J connectivity index is 1.86. The zero-order valence-corrected chi connectivity index (χ0v) is 13.0. The van der Waals surface area contributed by atoms with E-state index < -0.39 is 11.9 Å². The lowest BCUT2D eigenvalue weighted by molar-refractivity contribution is -0.141. The Morgan fingerprint density at radius 1 is 1.39 bits per heavy atom. The second-order valence-corrected chi connectivity index (χ2v) is 5.64. The lowest BCUT2D eigenvalue weighted by Gasteiger charge is -2.27. The number of hydrogen-bond acceptors (Lipinski definition) is 3. The van der Waals surface area contributed by atoms with Crippen molar-refractivity contribution in [3.05, 3.63) is 41.2 Å². The molecule has 1 aliphatic rings. The molecule has 7 heteroatoms. The number of hydrogen-bond donors (Lipinski definition) is 1. The maximum absolute atomic E-state index is 12.5. The molecule has 1 aromatic rings. The summed E-state index contributed by atoms with van der Waals surface area (Å²) in [7, 11) is 0. The molecule has 0 aliphatic carbocycles. The molecule has 2 heterocycles. The van der Waals surface area contributed by atoms with E-state index in [0.29, 0.717) is 13.1 Å². The minimum atomic E-state index is -4.40. The van der Waals surface area contributed by atoms with E-state index in [4.69, 9.17) is 0 Å². The largest absolute Gasteiger partial charge is 0.433 e. The van der Waals surface area contributed by atoms with Crippen molar-refractivity contribution in [3.63, 3.8) is 0 Å². The normalized spacial score (nSPS) is 16.1. The molecule has 4 nitrogen and oxygen atoms in total. The van der Waals surface area contributed by atoms with Crippen molar-refractivity contribution in [1.82, 2.24) is 15.2 Å². The Labute approximate surface area is 133 Å². The fraction of sp³-hybridized carbons (Fsp3) is 0.500. The number of halogens is 3. The second kappa shape index (κ2) is 7.59. The highest BCUT2D eigenvalue weighted by atomic mass is 19.4. The third-order valence-electron chi connectivity index (χ3n) is 3.65. The van der Waals surface area contributed by atoms with Gasteiger partial charge >= 0.3 is 6.18 Å². The van der Waals surface area contributed by atoms with Crippen molar-refractivity contribution in [3.8, 4) is 0 Å². The van der Waals surface area contributed by atoms with Crippen LogP contribution < -0.4 is 5.32 Å². The van der Waals surface area contributed by atoms with Gasteiger partial charge in [-0.1, -0.05) is 17.7 Å². The van der Waals surface area contributed by atoms with Crippen LogP contribution in [0.3, 0.4) is 0 Å². The molecule has 1 aromatic heterocycles. The second-order valence-electron chi connectivity index (χ2n) is 5.64. The average Bonchev–Trinajstić information content (AvgIpc) is 2.47. The molecular weight excluding hydrogens is 307 g/mol. The molecule has 0 fully saturated rings. The van der Waals surface area contributed by atoms with Crippen molar-refractivity contribution in [2.75, 3.05) is 19.6 Å². The van der Waals surface area contributed by atoms with Gasteiger partial charge in [0.25, 0.3) is 0 Å². The van der Waals surface area contributed by atoms with Crippen molar-refractivity contribution < 1.29 is 18.0 Å². The molecule has 1 N–H and O–H groups in total. The van der Waals surface area contributed by atoms with Crippen molar-refractivity contribution in [2.45, 2.75) is 32.5 Å². The van der Waals surface area contributed by atoms with Crippen LogP contribution in [0.4, 0.5) is 13.2 Å². The summed E-state index contributed by atoms with van der Waals surface area (Å²) in [4.78, 5) is 16.5. The van der Waals surface area contributed by atoms with Gasteiger partial charge in [-0.2, -0.15) is 13.2 Å². The van der Waals surface area contributed by atoms with Gasteiger partial charge < -0.3 is 5.32 Å². The Kier molecular flexibility index (Phi) is 5.76. The Bertz CT molecular complexity index is 567. The lowest BCUT2D eigenvalue weighted by Crippen LogP contribution is -2.31. The third-order valence-corrected chi connectivity index (χ3v) is 3.65. The monoisotopic (exact) mass is 327 g/mol. The molecule has 23 heavy (non-hydrogen) atoms. The molecule has 0 bridgehead atoms. The van der Waals surface area contributed by atoms with Crippen LogP contribution in [0.2, 0.25) is 0 Å². The predicted molar refractivity (Wildman–Crippen MR) is 80.5 cm³/mol. The summed E-state index contributed by atoms with van der Waals surface area (Å²) in [5.41, 5.74) is 1.14. The molecule has 1 amide bonds. The fourth-order valence-corrected chi connectivity index (χ4v) is 2.54. The molecular formula is C16H20F3N3O. The lowest BCUT2D eigenvalue weighted by atomic mass is 10.1. The maximum atomic E-state index is 12.5. The number of carbonyl (C=O) groups excluding carboxylic acids is 1. The number of rotatable bonds is 5. The number of aromatic nitrogens is 1. The third kappa shape index (κ3) is 5.67. The van der Waals surface area contributed by atoms with Gasteiger partial charge in [0.2, 0.25) is 5.91 Å². The van der Waals surface area contributed by atoms with E-state index in [2.05, 4.69) is 21.3 Å². The summed E-state index contributed by atoms with van der Waals surface area (Å²) in [6, 6.07) is 2.50. The van der Waals surface area contributed by atoms with Crippen LogP contribution in [0.25, 0.3) is 0 Å². The standard InChI is InChI=1S/C16H20F3N3O/c1-12(23)20-7-6-13-3-2-8-22(10-13)11-14-4-5-15(21-9-14)16(17,18)19/h3-5,9H,2,6-8,10-11H2,1H3,(H,20,23). The first kappa shape index (κ1) is 17.5. The number of nitrogens with zero attached hydrogens (tertiary/aromatic N) is 2. The SMILES string of the molecule is CC(=O)NCCC1=CCCN(Cc2ccc(C(F)(F)F)nc2)C1. The molecule has 0 saturated heterocycles. The highest BCUT2D eigenvalue weighted by Crippen LogP contribution is 2.27. The summed E-state index contributed by atoms with van der Waals surface area (Å²) >= 11 is 0. The highest BCUT2D eigenvalue weighted by molar-refractivity contribution is 5.72. The molecule has 0 aromatic carbocycles. The minimum absolute atomic E-state index is 0.0471. The molecule has 0 radical (unpaired) electrons. The van der Waals surface area contributed by atoms with Gasteiger partial charge in [0, 0.05) is 39.3 Å². The fourth-order valence-electron chi connectivity index (χ4n) is 2.54. The average molecular weight is 327 g/mol. The zero-order valence-electron chi connectivity index (χ0n) is 13.0. The summed E-state index contributed by atoms with van der Waals surface area (Å²) in [6.45, 7) is 4.30. The van der Waals surface area contributed by atoms with Gasteiger partial charge in [0.05, 0.1) is 0 Å². The maximum Gasteiger partial charge on any atom is 0.433 e. The summed E-state index contributed by atoms with van der Waals surface area (Å²) < 4.78 is 37.5. The summed E-state index contributed by atoms with van der Waals surface area (Å²) in [6.07, 6.45) is 0.759. The number of amides is 1. The van der Waals surface area contributed by atoms with Crippen LogP contribution in [0, 0.1) is 0 Å². The van der Waals surface area contributed by atoms with Gasteiger partial charge in [0.15, 0.2) is 0 Å². The van der Waals surface area contributed by atoms with Crippen LogP contribution >= 0.6 is 0 Å². The van der Waals surface area contributed by atoms with Gasteiger partial charge in [-0.25, -0.2) is 0 Å². The first-order valence-electron chi connectivity index (χ1n) is 7.51. The number of pyridine rings is 1. The topological polar surface area (TPSA) is 45.2 Å². The first-order valence-corrected chi connectivity index (χ1v) is 7.51. The van der Waals surface area contributed by atoms with E-state index in [1.165, 1.54) is 24.8 Å². The van der Waals surface area contributed by atoms with Crippen molar-refractivity contribution in [2.24, 2.45) is 0 Å². The van der Waals surface area contributed by atoms with E-state index in [1.807, 2.05) is 0 Å². The number of alkyl halides is 3. The Morgan fingerprint density at radius 3 is 2.78 bits per heavy atom. The van der Waals surface area contributed by atoms with Crippen molar-refractivity contribution >= 4 is 5.91 Å². The summed E-state index contributed by atoms with van der Waals surface area (Å²) in [5.74, 6) is -0.0471. The Hall–Kier alpha value is -1.89. The molecule has 126 valence electrons. The summed E-state index contributed by atoms with van der Waals surface area (Å²) in [5, 5.41) is 2.76. The molecule has 0 atom stereocenters. The van der Waals surface area contributed by atoms with E-state index in [-0.39, 0.29) is 5.91 Å². The number of carbonyl (C=O) groups is 1. The van der Waals surface area contributed by atoms with Crippen LogP contribution in [-0.4, -0.2) is 35.4 Å². The zero-order chi connectivity index (χ0) is 16.9. The number of nitrogens with one attached hydrogen (secondary N) is 1. The van der Waals surface area contributed by atoms with Crippen LogP contribution in [-0.2, 0) is 17.5 Å². The van der Waals surface area contributed by atoms with E-state index >= 15 is 0 Å². The van der Waals surface area contributed by atoms with Crippen molar-refractivity contribution in [1.29, 1.82) is 0 Å². The molecule has 2 rings (SSSR count). The van der Waals surface area contributed by atoms with E-state index in [0.717, 1.165) is 37.6 Å². The molecule has 1 aliphatic heterocycles. The van der Waals surface area contributed by atoms with Crippen LogP contribution in [0.1, 0.15) is 31.0 Å². The van der Waals surface area contributed by atoms with Crippen LogP contribution in [0.15, 0.2) is 30.0 Å². The first-order chi connectivity index (χ1) is 10.8.